The lowest BCUT2D eigenvalue weighted by Gasteiger charge is -2.26. The van der Waals surface area contributed by atoms with E-state index in [1.807, 2.05) is 38.1 Å². The number of carboxylic acids is 1. The number of carbonyl (C=O) groups excluding carboxylic acids is 1. The summed E-state index contributed by atoms with van der Waals surface area (Å²) in [4.78, 5) is 30.5. The highest BCUT2D eigenvalue weighted by atomic mass is 79.9. The molecule has 0 aliphatic heterocycles. The fourth-order valence-electron chi connectivity index (χ4n) is 2.08. The molecule has 120 valence electrons. The number of halogens is 1. The Hall–Kier alpha value is -2.28. The van der Waals surface area contributed by atoms with E-state index in [1.54, 1.807) is 0 Å². The minimum Gasteiger partial charge on any atom is -0.476 e. The summed E-state index contributed by atoms with van der Waals surface area (Å²) >= 11 is 3.39. The molecule has 0 aliphatic rings. The highest BCUT2D eigenvalue weighted by Crippen LogP contribution is 2.16. The minimum atomic E-state index is -1.18. The van der Waals surface area contributed by atoms with Gasteiger partial charge in [0.2, 0.25) is 0 Å². The maximum atomic E-state index is 12.2. The Bertz CT molecular complexity index is 712. The monoisotopic (exact) mass is 377 g/mol. The molecule has 0 saturated heterocycles. The molecule has 0 bridgehead atoms. The number of hydrogen-bond acceptors (Lipinski definition) is 4. The highest BCUT2D eigenvalue weighted by Gasteiger charge is 2.22. The van der Waals surface area contributed by atoms with Crippen LogP contribution in [0.25, 0.3) is 0 Å². The average Bonchev–Trinajstić information content (AvgIpc) is 2.49. The SMILES string of the molecule is CC(C)(Cc1ccc(Br)cc1)NC(=O)c1cnc(C(=O)O)cn1. The molecular formula is C16H16BrN3O3. The molecule has 0 fully saturated rings. The molecule has 1 aromatic carbocycles. The Labute approximate surface area is 142 Å². The van der Waals surface area contributed by atoms with Crippen molar-refractivity contribution in [1.29, 1.82) is 0 Å². The number of nitrogens with zero attached hydrogens (tertiary/aromatic N) is 2. The van der Waals surface area contributed by atoms with Crippen LogP contribution in [-0.4, -0.2) is 32.5 Å². The van der Waals surface area contributed by atoms with Gasteiger partial charge in [0.15, 0.2) is 5.69 Å². The van der Waals surface area contributed by atoms with Gasteiger partial charge in [0.1, 0.15) is 5.69 Å². The first-order valence-corrected chi connectivity index (χ1v) is 7.68. The second kappa shape index (κ2) is 6.87. The number of carbonyl (C=O) groups is 2. The molecule has 23 heavy (non-hydrogen) atoms. The van der Waals surface area contributed by atoms with E-state index in [9.17, 15) is 9.59 Å². The molecular weight excluding hydrogens is 362 g/mol. The Kier molecular flexibility index (Phi) is 5.10. The van der Waals surface area contributed by atoms with Crippen molar-refractivity contribution < 1.29 is 14.7 Å². The average molecular weight is 378 g/mol. The summed E-state index contributed by atoms with van der Waals surface area (Å²) in [5.74, 6) is -1.57. The Morgan fingerprint density at radius 3 is 2.22 bits per heavy atom. The van der Waals surface area contributed by atoms with Crippen LogP contribution in [0.2, 0.25) is 0 Å². The first-order valence-electron chi connectivity index (χ1n) is 6.89. The highest BCUT2D eigenvalue weighted by molar-refractivity contribution is 9.10. The molecule has 0 saturated carbocycles. The third-order valence-electron chi connectivity index (χ3n) is 3.11. The van der Waals surface area contributed by atoms with Gasteiger partial charge in [-0.05, 0) is 38.0 Å². The van der Waals surface area contributed by atoms with Crippen LogP contribution in [0, 0.1) is 0 Å². The summed E-state index contributed by atoms with van der Waals surface area (Å²) in [6.07, 6.45) is 2.88. The van der Waals surface area contributed by atoms with Crippen LogP contribution < -0.4 is 5.32 Å². The summed E-state index contributed by atoms with van der Waals surface area (Å²) in [6, 6.07) is 7.87. The Morgan fingerprint density at radius 2 is 1.70 bits per heavy atom. The number of aromatic nitrogens is 2. The number of benzene rings is 1. The van der Waals surface area contributed by atoms with Gasteiger partial charge in [-0.1, -0.05) is 28.1 Å². The van der Waals surface area contributed by atoms with Crippen LogP contribution in [-0.2, 0) is 6.42 Å². The number of nitrogens with one attached hydrogen (secondary N) is 1. The number of hydrogen-bond donors (Lipinski definition) is 2. The first-order chi connectivity index (χ1) is 10.8. The van der Waals surface area contributed by atoms with E-state index in [4.69, 9.17) is 5.11 Å². The summed E-state index contributed by atoms with van der Waals surface area (Å²) in [6.45, 7) is 3.82. The van der Waals surface area contributed by atoms with Crippen molar-refractivity contribution in [2.75, 3.05) is 0 Å². The quantitative estimate of drug-likeness (QED) is 0.835. The van der Waals surface area contributed by atoms with E-state index in [-0.39, 0.29) is 11.4 Å². The van der Waals surface area contributed by atoms with Crippen LogP contribution in [0.5, 0.6) is 0 Å². The van der Waals surface area contributed by atoms with Crippen molar-refractivity contribution >= 4 is 27.8 Å². The predicted octanol–water partition coefficient (Wildman–Crippen LogP) is 2.69. The molecule has 1 aromatic heterocycles. The number of carboxylic acid groups (broad SMARTS) is 1. The number of rotatable bonds is 5. The van der Waals surface area contributed by atoms with Crippen molar-refractivity contribution in [2.45, 2.75) is 25.8 Å². The lowest BCUT2D eigenvalue weighted by molar-refractivity contribution is 0.0688. The zero-order valence-corrected chi connectivity index (χ0v) is 14.3. The minimum absolute atomic E-state index is 0.0823. The van der Waals surface area contributed by atoms with E-state index < -0.39 is 17.4 Å². The molecule has 2 rings (SSSR count). The van der Waals surface area contributed by atoms with Gasteiger partial charge in [-0.25, -0.2) is 14.8 Å². The van der Waals surface area contributed by atoms with Crippen molar-refractivity contribution in [1.82, 2.24) is 15.3 Å². The fourth-order valence-corrected chi connectivity index (χ4v) is 2.35. The maximum absolute atomic E-state index is 12.2. The molecule has 1 heterocycles. The van der Waals surface area contributed by atoms with Gasteiger partial charge in [-0.3, -0.25) is 4.79 Å². The van der Waals surface area contributed by atoms with Gasteiger partial charge < -0.3 is 10.4 Å². The van der Waals surface area contributed by atoms with Crippen LogP contribution in [0.15, 0.2) is 41.1 Å². The van der Waals surface area contributed by atoms with Crippen LogP contribution in [0.4, 0.5) is 0 Å². The van der Waals surface area contributed by atoms with Gasteiger partial charge in [0.25, 0.3) is 5.91 Å². The normalized spacial score (nSPS) is 11.1. The van der Waals surface area contributed by atoms with E-state index in [2.05, 4.69) is 31.2 Å². The van der Waals surface area contributed by atoms with E-state index in [1.165, 1.54) is 0 Å². The molecule has 2 N–H and O–H groups in total. The second-order valence-electron chi connectivity index (χ2n) is 5.73. The van der Waals surface area contributed by atoms with Crippen LogP contribution >= 0.6 is 15.9 Å². The fraction of sp³-hybridized carbons (Fsp3) is 0.250. The van der Waals surface area contributed by atoms with Crippen LogP contribution in [0.1, 0.15) is 40.4 Å². The molecule has 0 atom stereocenters. The summed E-state index contributed by atoms with van der Waals surface area (Å²) in [7, 11) is 0. The standard InChI is InChI=1S/C16H16BrN3O3/c1-16(2,7-10-3-5-11(17)6-4-10)20-14(21)12-8-19-13(9-18-12)15(22)23/h3-6,8-9H,7H2,1-2H3,(H,20,21)(H,22,23). The van der Waals surface area contributed by atoms with Gasteiger partial charge >= 0.3 is 5.97 Å². The van der Waals surface area contributed by atoms with Crippen molar-refractivity contribution in [3.8, 4) is 0 Å². The van der Waals surface area contributed by atoms with Gasteiger partial charge in [0, 0.05) is 10.0 Å². The molecule has 2 aromatic rings. The largest absolute Gasteiger partial charge is 0.476 e. The van der Waals surface area contributed by atoms with Gasteiger partial charge in [-0.2, -0.15) is 0 Å². The molecule has 0 radical (unpaired) electrons. The zero-order chi connectivity index (χ0) is 17.0. The second-order valence-corrected chi connectivity index (χ2v) is 6.65. The molecule has 7 heteroatoms. The topological polar surface area (TPSA) is 92.2 Å². The molecule has 6 nitrogen and oxygen atoms in total. The molecule has 0 unspecified atom stereocenters. The lowest BCUT2D eigenvalue weighted by atomic mass is 9.95. The zero-order valence-electron chi connectivity index (χ0n) is 12.7. The van der Waals surface area contributed by atoms with E-state index in [0.29, 0.717) is 6.42 Å². The Balaban J connectivity index is 2.05. The predicted molar refractivity (Wildman–Crippen MR) is 88.4 cm³/mol. The smallest absolute Gasteiger partial charge is 0.356 e. The first kappa shape index (κ1) is 17.1. The van der Waals surface area contributed by atoms with Crippen molar-refractivity contribution in [3.63, 3.8) is 0 Å². The van der Waals surface area contributed by atoms with Crippen LogP contribution in [0.3, 0.4) is 0 Å². The molecule has 1 amide bonds. The third kappa shape index (κ3) is 4.85. The Morgan fingerprint density at radius 1 is 1.13 bits per heavy atom. The van der Waals surface area contributed by atoms with E-state index >= 15 is 0 Å². The number of amides is 1. The maximum Gasteiger partial charge on any atom is 0.356 e. The summed E-state index contributed by atoms with van der Waals surface area (Å²) in [5.41, 5.74) is 0.485. The molecule has 0 aliphatic carbocycles. The lowest BCUT2D eigenvalue weighted by Crippen LogP contribution is -2.45. The molecule has 0 spiro atoms. The van der Waals surface area contributed by atoms with Crippen molar-refractivity contribution in [3.05, 3.63) is 58.1 Å². The number of aromatic carboxylic acids is 1. The van der Waals surface area contributed by atoms with E-state index in [0.717, 1.165) is 22.4 Å². The summed E-state index contributed by atoms with van der Waals surface area (Å²) < 4.78 is 0.997. The van der Waals surface area contributed by atoms with Crippen molar-refractivity contribution in [2.24, 2.45) is 0 Å². The van der Waals surface area contributed by atoms with Gasteiger partial charge in [0.05, 0.1) is 12.4 Å². The van der Waals surface area contributed by atoms with Gasteiger partial charge in [-0.15, -0.1) is 0 Å². The summed E-state index contributed by atoms with van der Waals surface area (Å²) in [5, 5.41) is 11.7. The third-order valence-corrected chi connectivity index (χ3v) is 3.64.